The van der Waals surface area contributed by atoms with Crippen LogP contribution >= 0.6 is 11.8 Å². The van der Waals surface area contributed by atoms with E-state index < -0.39 is 0 Å². The van der Waals surface area contributed by atoms with Crippen LogP contribution in [0.2, 0.25) is 0 Å². The maximum atomic E-state index is 3.92. The van der Waals surface area contributed by atoms with E-state index in [-0.39, 0.29) is 0 Å². The zero-order valence-corrected chi connectivity index (χ0v) is 8.65. The van der Waals surface area contributed by atoms with E-state index in [9.17, 15) is 0 Å². The van der Waals surface area contributed by atoms with Gasteiger partial charge in [0, 0.05) is 5.25 Å². The molecule has 1 unspecified atom stereocenters. The molecule has 0 aliphatic heterocycles. The summed E-state index contributed by atoms with van der Waals surface area (Å²) in [7, 11) is 0. The monoisotopic (exact) mass is 191 g/mol. The van der Waals surface area contributed by atoms with Crippen molar-refractivity contribution in [1.29, 1.82) is 0 Å². The number of benzene rings is 1. The van der Waals surface area contributed by atoms with Crippen molar-refractivity contribution in [3.05, 3.63) is 42.3 Å². The van der Waals surface area contributed by atoms with Crippen LogP contribution in [0.1, 0.15) is 29.2 Å². The molecule has 0 saturated heterocycles. The molecule has 1 aliphatic carbocycles. The molecule has 0 nitrogen and oxygen atoms in total. The highest BCUT2D eigenvalue weighted by Gasteiger charge is 2.18. The predicted octanol–water partition coefficient (Wildman–Crippen LogP) is 3.63. The van der Waals surface area contributed by atoms with Crippen LogP contribution in [0.15, 0.2) is 24.3 Å². The maximum absolute atomic E-state index is 3.92. The fourth-order valence-electron chi connectivity index (χ4n) is 2.02. The molecule has 1 atom stereocenters. The summed E-state index contributed by atoms with van der Waals surface area (Å²) in [5.41, 5.74) is 3.11. The van der Waals surface area contributed by atoms with Crippen LogP contribution in [0, 0.1) is 6.92 Å². The number of hydrogen-bond donors (Lipinski definition) is 0. The third kappa shape index (κ3) is 1.91. The Bertz CT molecular complexity index is 280. The van der Waals surface area contributed by atoms with Gasteiger partial charge in [-0.1, -0.05) is 24.3 Å². The minimum absolute atomic E-state index is 0.711. The van der Waals surface area contributed by atoms with Crippen molar-refractivity contribution in [2.45, 2.75) is 24.5 Å². The minimum atomic E-state index is 0.711. The maximum Gasteiger partial charge on any atom is 0.0300 e. The van der Waals surface area contributed by atoms with Crippen LogP contribution in [-0.4, -0.2) is 5.75 Å². The van der Waals surface area contributed by atoms with E-state index in [1.54, 1.807) is 11.1 Å². The Morgan fingerprint density at radius 3 is 3.08 bits per heavy atom. The van der Waals surface area contributed by atoms with Gasteiger partial charge < -0.3 is 0 Å². The van der Waals surface area contributed by atoms with E-state index in [4.69, 9.17) is 0 Å². The highest BCUT2D eigenvalue weighted by molar-refractivity contribution is 7.99. The molecule has 0 N–H and O–H groups in total. The van der Waals surface area contributed by atoms with Gasteiger partial charge in [-0.05, 0) is 43.1 Å². The van der Waals surface area contributed by atoms with Crippen molar-refractivity contribution in [2.75, 3.05) is 5.75 Å². The molecule has 0 spiro atoms. The lowest BCUT2D eigenvalue weighted by Gasteiger charge is -2.24. The molecule has 0 aromatic heterocycles. The third-order valence-electron chi connectivity index (χ3n) is 2.63. The fraction of sp³-hybridized carbons (Fsp3) is 0.417. The minimum Gasteiger partial charge on any atom is -0.154 e. The third-order valence-corrected chi connectivity index (χ3v) is 3.76. The lowest BCUT2D eigenvalue weighted by Crippen LogP contribution is -2.06. The van der Waals surface area contributed by atoms with Gasteiger partial charge in [0.1, 0.15) is 0 Å². The van der Waals surface area contributed by atoms with Gasteiger partial charge in [-0.3, -0.25) is 0 Å². The quantitative estimate of drug-likeness (QED) is 0.688. The van der Waals surface area contributed by atoms with Gasteiger partial charge in [0.25, 0.3) is 0 Å². The average molecular weight is 191 g/mol. The lowest BCUT2D eigenvalue weighted by molar-refractivity contribution is 0.674. The van der Waals surface area contributed by atoms with Crippen LogP contribution in [0.3, 0.4) is 0 Å². The average Bonchev–Trinajstić information content (AvgIpc) is 2.19. The topological polar surface area (TPSA) is 0 Å². The highest BCUT2D eigenvalue weighted by Crippen LogP contribution is 2.39. The van der Waals surface area contributed by atoms with E-state index in [1.807, 2.05) is 11.8 Å². The summed E-state index contributed by atoms with van der Waals surface area (Å²) in [6.07, 6.45) is 3.94. The van der Waals surface area contributed by atoms with Crippen molar-refractivity contribution in [3.63, 3.8) is 0 Å². The SMILES string of the molecule is [CH2]CSC1CCCc2ccccc21. The van der Waals surface area contributed by atoms with E-state index in [2.05, 4.69) is 31.2 Å². The Morgan fingerprint density at radius 2 is 2.23 bits per heavy atom. The van der Waals surface area contributed by atoms with Crippen molar-refractivity contribution < 1.29 is 0 Å². The Morgan fingerprint density at radius 1 is 1.38 bits per heavy atom. The second-order valence-corrected chi connectivity index (χ2v) is 4.76. The van der Waals surface area contributed by atoms with E-state index >= 15 is 0 Å². The molecule has 2 rings (SSSR count). The van der Waals surface area contributed by atoms with Crippen LogP contribution in [0.5, 0.6) is 0 Å². The van der Waals surface area contributed by atoms with Crippen molar-refractivity contribution >= 4 is 11.8 Å². The van der Waals surface area contributed by atoms with Crippen LogP contribution < -0.4 is 0 Å². The molecule has 0 saturated carbocycles. The Kier molecular flexibility index (Phi) is 2.94. The van der Waals surface area contributed by atoms with Gasteiger partial charge in [-0.25, -0.2) is 0 Å². The molecule has 1 aliphatic rings. The van der Waals surface area contributed by atoms with Gasteiger partial charge in [0.15, 0.2) is 0 Å². The molecule has 69 valence electrons. The highest BCUT2D eigenvalue weighted by atomic mass is 32.2. The zero-order chi connectivity index (χ0) is 9.10. The van der Waals surface area contributed by atoms with Crippen molar-refractivity contribution in [1.82, 2.24) is 0 Å². The fourth-order valence-corrected chi connectivity index (χ4v) is 3.05. The summed E-state index contributed by atoms with van der Waals surface area (Å²) in [6, 6.07) is 8.85. The molecule has 13 heavy (non-hydrogen) atoms. The van der Waals surface area contributed by atoms with Gasteiger partial charge in [0.2, 0.25) is 0 Å². The summed E-state index contributed by atoms with van der Waals surface area (Å²) >= 11 is 1.98. The van der Waals surface area contributed by atoms with Gasteiger partial charge in [0.05, 0.1) is 0 Å². The van der Waals surface area contributed by atoms with Crippen LogP contribution in [0.25, 0.3) is 0 Å². The predicted molar refractivity (Wildman–Crippen MR) is 59.9 cm³/mol. The molecular formula is C12H15S. The zero-order valence-electron chi connectivity index (χ0n) is 7.83. The summed E-state index contributed by atoms with van der Waals surface area (Å²) in [5.74, 6) is 0.985. The smallest absolute Gasteiger partial charge is 0.0300 e. The summed E-state index contributed by atoms with van der Waals surface area (Å²) < 4.78 is 0. The van der Waals surface area contributed by atoms with Crippen molar-refractivity contribution in [2.24, 2.45) is 0 Å². The molecule has 0 bridgehead atoms. The van der Waals surface area contributed by atoms with E-state index in [0.717, 1.165) is 5.75 Å². The van der Waals surface area contributed by atoms with Gasteiger partial charge >= 0.3 is 0 Å². The first-order chi connectivity index (χ1) is 6.42. The standard InChI is InChI=1S/C12H15S/c1-2-13-12-9-5-7-10-6-3-4-8-11(10)12/h3-4,6,8,12H,1-2,5,7,9H2. The number of thioether (sulfide) groups is 1. The molecule has 1 heteroatoms. The van der Waals surface area contributed by atoms with E-state index in [1.165, 1.54) is 19.3 Å². The largest absolute Gasteiger partial charge is 0.154 e. The Labute approximate surface area is 84.7 Å². The number of hydrogen-bond acceptors (Lipinski definition) is 1. The molecule has 1 aromatic carbocycles. The van der Waals surface area contributed by atoms with Gasteiger partial charge in [-0.15, -0.1) is 0 Å². The number of fused-ring (bicyclic) bond motifs is 1. The first-order valence-electron chi connectivity index (χ1n) is 4.90. The Balaban J connectivity index is 2.26. The van der Waals surface area contributed by atoms with Crippen LogP contribution in [-0.2, 0) is 6.42 Å². The molecule has 0 fully saturated rings. The second-order valence-electron chi connectivity index (χ2n) is 3.45. The lowest BCUT2D eigenvalue weighted by atomic mass is 9.91. The first-order valence-corrected chi connectivity index (χ1v) is 5.95. The second kappa shape index (κ2) is 4.19. The Hall–Kier alpha value is -0.430. The number of rotatable bonds is 2. The van der Waals surface area contributed by atoms with Gasteiger partial charge in [-0.2, -0.15) is 11.8 Å². The molecule has 1 radical (unpaired) electrons. The van der Waals surface area contributed by atoms with Crippen molar-refractivity contribution in [3.8, 4) is 0 Å². The summed E-state index contributed by atoms with van der Waals surface area (Å²) in [4.78, 5) is 0. The molecule has 1 aromatic rings. The van der Waals surface area contributed by atoms with E-state index in [0.29, 0.717) is 5.25 Å². The van der Waals surface area contributed by atoms with Crippen LogP contribution in [0.4, 0.5) is 0 Å². The molecule has 0 heterocycles. The molecule has 0 amide bonds. The first kappa shape index (κ1) is 9.14. The normalized spacial score (nSPS) is 21.2. The summed E-state index contributed by atoms with van der Waals surface area (Å²) in [6.45, 7) is 3.92. The summed E-state index contributed by atoms with van der Waals surface area (Å²) in [5, 5.41) is 0.711. The number of aryl methyl sites for hydroxylation is 1. The molecular weight excluding hydrogens is 176 g/mol.